The maximum Gasteiger partial charge on any atom is 0.410 e. The first kappa shape index (κ1) is 34.6. The van der Waals surface area contributed by atoms with Crippen molar-refractivity contribution in [1.29, 1.82) is 0 Å². The Morgan fingerprint density at radius 2 is 1.52 bits per heavy atom. The molecule has 0 aromatic heterocycles. The summed E-state index contributed by atoms with van der Waals surface area (Å²) < 4.78 is 11.4. The smallest absolute Gasteiger partial charge is 0.410 e. The van der Waals surface area contributed by atoms with Gasteiger partial charge in [-0.3, -0.25) is 4.79 Å². The van der Waals surface area contributed by atoms with Gasteiger partial charge >= 0.3 is 12.1 Å². The average molecular weight is 701 g/mol. The van der Waals surface area contributed by atoms with E-state index in [4.69, 9.17) is 32.7 Å². The highest BCUT2D eigenvalue weighted by Crippen LogP contribution is 2.33. The molecule has 2 aromatic rings. The van der Waals surface area contributed by atoms with Gasteiger partial charge in [-0.1, -0.05) is 29.3 Å². The molecule has 12 heteroatoms. The summed E-state index contributed by atoms with van der Waals surface area (Å²) in [6, 6.07) is 10.8. The molecule has 4 heterocycles. The molecule has 3 saturated heterocycles. The number of piperidine rings is 3. The monoisotopic (exact) mass is 699 g/mol. The molecule has 260 valence electrons. The van der Waals surface area contributed by atoms with Gasteiger partial charge in [-0.25, -0.2) is 9.59 Å². The van der Waals surface area contributed by atoms with Crippen LogP contribution in [-0.2, 0) is 22.4 Å². The lowest BCUT2D eigenvalue weighted by molar-refractivity contribution is -0.142. The van der Waals surface area contributed by atoms with Crippen LogP contribution >= 0.6 is 23.2 Å². The van der Waals surface area contributed by atoms with Crippen molar-refractivity contribution >= 4 is 46.9 Å². The molecule has 0 unspecified atom stereocenters. The maximum atomic E-state index is 14.0. The number of likely N-dealkylation sites (tertiary alicyclic amines) is 3. The molecule has 10 nitrogen and oxygen atoms in total. The first-order valence-electron chi connectivity index (χ1n) is 17.3. The molecule has 3 fully saturated rings. The number of ether oxygens (including phenoxy) is 2. The Morgan fingerprint density at radius 1 is 0.854 bits per heavy atom. The molecule has 0 radical (unpaired) electrons. The van der Waals surface area contributed by atoms with Crippen LogP contribution in [0.1, 0.15) is 49.7 Å². The molecule has 0 aliphatic carbocycles. The van der Waals surface area contributed by atoms with Gasteiger partial charge in [0.25, 0.3) is 5.91 Å². The van der Waals surface area contributed by atoms with Crippen LogP contribution in [0.2, 0.25) is 10.0 Å². The molecule has 0 saturated carbocycles. The summed E-state index contributed by atoms with van der Waals surface area (Å²) in [6.45, 7) is 5.06. The molecular formula is C36H47Cl2N5O5. The van der Waals surface area contributed by atoms with E-state index in [1.807, 2.05) is 34.1 Å². The third kappa shape index (κ3) is 8.14. The highest BCUT2D eigenvalue weighted by atomic mass is 35.5. The Balaban J connectivity index is 1.06. The quantitative estimate of drug-likeness (QED) is 0.371. The van der Waals surface area contributed by atoms with Gasteiger partial charge in [0.05, 0.1) is 17.2 Å². The minimum atomic E-state index is -0.973. The van der Waals surface area contributed by atoms with Gasteiger partial charge in [0.1, 0.15) is 5.75 Å². The molecule has 6 rings (SSSR count). The number of urea groups is 1. The number of methoxy groups -OCH3 is 1. The Bertz CT molecular complexity index is 1470. The van der Waals surface area contributed by atoms with Crippen LogP contribution in [0, 0.1) is 11.8 Å². The Labute approximate surface area is 293 Å². The Kier molecular flexibility index (Phi) is 11.2. The Morgan fingerprint density at radius 3 is 2.19 bits per heavy atom. The van der Waals surface area contributed by atoms with Gasteiger partial charge in [0.2, 0.25) is 0 Å². The molecule has 1 N–H and O–H groups in total. The van der Waals surface area contributed by atoms with Gasteiger partial charge in [-0.05, 0) is 118 Å². The number of benzene rings is 2. The van der Waals surface area contributed by atoms with E-state index >= 15 is 0 Å². The number of rotatable bonds is 7. The number of carbonyl (C=O) groups is 3. The van der Waals surface area contributed by atoms with Gasteiger partial charge in [-0.15, -0.1) is 0 Å². The Hall–Kier alpha value is -3.21. The summed E-state index contributed by atoms with van der Waals surface area (Å²) in [4.78, 5) is 48.5. The lowest BCUT2D eigenvalue weighted by atomic mass is 9.79. The molecule has 1 atom stereocenters. The third-order valence-corrected chi connectivity index (χ3v) is 11.5. The zero-order chi connectivity index (χ0) is 33.8. The number of nitrogens with zero attached hydrogens (tertiary/aromatic N) is 4. The van der Waals surface area contributed by atoms with Gasteiger partial charge < -0.3 is 34.4 Å². The van der Waals surface area contributed by atoms with E-state index < -0.39 is 12.2 Å². The molecule has 4 aliphatic rings. The maximum absolute atomic E-state index is 14.0. The number of carbonyl (C=O) groups excluding carboxylic acids is 3. The number of halogens is 2. The van der Waals surface area contributed by atoms with Crippen molar-refractivity contribution in [2.75, 3.05) is 65.3 Å². The van der Waals surface area contributed by atoms with Crippen LogP contribution in [0.3, 0.4) is 0 Å². The molecule has 2 aromatic carbocycles. The van der Waals surface area contributed by atoms with Crippen LogP contribution in [-0.4, -0.2) is 110 Å². The number of anilines is 1. The number of hydrogen-bond donors (Lipinski definition) is 1. The van der Waals surface area contributed by atoms with E-state index in [0.29, 0.717) is 73.9 Å². The SMILES string of the molecule is COc1ccc2c(c1)CCN(C1CCN(C(=O)O[C@H](Cc3ccc(Cl)c(Cl)c3)C(=O)N3CCC(C4CCN(C)CC4)CC3)CC1)C(=O)N2. The summed E-state index contributed by atoms with van der Waals surface area (Å²) in [5.74, 6) is 1.94. The fraction of sp³-hybridized carbons (Fsp3) is 0.583. The summed E-state index contributed by atoms with van der Waals surface area (Å²) >= 11 is 12.5. The van der Waals surface area contributed by atoms with Crippen LogP contribution in [0.5, 0.6) is 5.75 Å². The van der Waals surface area contributed by atoms with Crippen LogP contribution < -0.4 is 10.1 Å². The van der Waals surface area contributed by atoms with E-state index in [-0.39, 0.29) is 24.4 Å². The van der Waals surface area contributed by atoms with Crippen LogP contribution in [0.4, 0.5) is 15.3 Å². The van der Waals surface area contributed by atoms with E-state index in [9.17, 15) is 14.4 Å². The average Bonchev–Trinajstić information content (AvgIpc) is 3.27. The number of nitrogens with one attached hydrogen (secondary N) is 1. The van der Waals surface area contributed by atoms with E-state index in [1.54, 1.807) is 24.1 Å². The molecule has 4 aliphatic heterocycles. The zero-order valence-electron chi connectivity index (χ0n) is 28.0. The van der Waals surface area contributed by atoms with Crippen molar-refractivity contribution in [1.82, 2.24) is 19.6 Å². The largest absolute Gasteiger partial charge is 0.497 e. The second kappa shape index (κ2) is 15.6. The lowest BCUT2D eigenvalue weighted by Gasteiger charge is -2.40. The summed E-state index contributed by atoms with van der Waals surface area (Å²) in [5, 5.41) is 3.87. The molecule has 0 bridgehead atoms. The zero-order valence-corrected chi connectivity index (χ0v) is 29.5. The summed E-state index contributed by atoms with van der Waals surface area (Å²) in [6.07, 6.45) is 5.08. The van der Waals surface area contributed by atoms with Crippen LogP contribution in [0.15, 0.2) is 36.4 Å². The van der Waals surface area contributed by atoms with Crippen molar-refractivity contribution in [3.8, 4) is 5.75 Å². The van der Waals surface area contributed by atoms with Gasteiger partial charge in [0, 0.05) is 50.9 Å². The number of amides is 4. The van der Waals surface area contributed by atoms with Gasteiger partial charge in [0.15, 0.2) is 6.10 Å². The summed E-state index contributed by atoms with van der Waals surface area (Å²) in [7, 11) is 3.81. The third-order valence-electron chi connectivity index (χ3n) is 10.8. The topological polar surface area (TPSA) is 94.7 Å². The van der Waals surface area contributed by atoms with Crippen molar-refractivity contribution in [2.45, 2.75) is 63.5 Å². The molecule has 0 spiro atoms. The predicted molar refractivity (Wildman–Crippen MR) is 187 cm³/mol. The highest BCUT2D eigenvalue weighted by molar-refractivity contribution is 6.42. The number of hydrogen-bond acceptors (Lipinski definition) is 6. The first-order chi connectivity index (χ1) is 23.2. The van der Waals surface area contributed by atoms with Gasteiger partial charge in [-0.2, -0.15) is 0 Å². The fourth-order valence-electron chi connectivity index (χ4n) is 7.81. The number of fused-ring (bicyclic) bond motifs is 1. The van der Waals surface area contributed by atoms with Crippen molar-refractivity contribution in [3.05, 3.63) is 57.6 Å². The highest BCUT2D eigenvalue weighted by Gasteiger charge is 2.37. The van der Waals surface area contributed by atoms with E-state index in [0.717, 1.165) is 48.5 Å². The summed E-state index contributed by atoms with van der Waals surface area (Å²) in [5.41, 5.74) is 2.62. The van der Waals surface area contributed by atoms with Crippen molar-refractivity contribution < 1.29 is 23.9 Å². The molecule has 48 heavy (non-hydrogen) atoms. The van der Waals surface area contributed by atoms with Crippen molar-refractivity contribution in [3.63, 3.8) is 0 Å². The predicted octanol–water partition coefficient (Wildman–Crippen LogP) is 6.18. The second-order valence-electron chi connectivity index (χ2n) is 13.7. The van der Waals surface area contributed by atoms with E-state index in [1.165, 1.54) is 12.8 Å². The standard InChI is InChI=1S/C36H47Cl2N5O5/c1-40-14-7-25(8-15-40)26-9-16-41(17-10-26)34(44)33(22-24-3-5-30(37)31(38)21-24)48-36(46)42-18-12-28(13-19-42)43-20-11-27-23-29(47-2)4-6-32(27)39-35(43)45/h3-6,21,23,25-26,28,33H,7-20,22H2,1-2H3,(H,39,45)/t33-/m1/s1. The normalized spacial score (nSPS) is 20.9. The molecule has 4 amide bonds. The fourth-order valence-corrected chi connectivity index (χ4v) is 8.14. The van der Waals surface area contributed by atoms with Crippen molar-refractivity contribution in [2.24, 2.45) is 11.8 Å². The molecular weight excluding hydrogens is 653 g/mol. The minimum Gasteiger partial charge on any atom is -0.497 e. The van der Waals surface area contributed by atoms with Crippen LogP contribution in [0.25, 0.3) is 0 Å². The van der Waals surface area contributed by atoms with E-state index in [2.05, 4.69) is 17.3 Å². The second-order valence-corrected chi connectivity index (χ2v) is 14.6. The first-order valence-corrected chi connectivity index (χ1v) is 18.1. The lowest BCUT2D eigenvalue weighted by Crippen LogP contribution is -2.52. The minimum absolute atomic E-state index is 0.00949.